The van der Waals surface area contributed by atoms with Gasteiger partial charge in [-0.3, -0.25) is 10.1 Å². The van der Waals surface area contributed by atoms with Gasteiger partial charge in [0, 0.05) is 16.0 Å². The molecule has 0 spiro atoms. The molecular formula is C19H20N4O2S2. The van der Waals surface area contributed by atoms with Crippen LogP contribution in [0.2, 0.25) is 0 Å². The van der Waals surface area contributed by atoms with Gasteiger partial charge in [0.15, 0.2) is 0 Å². The minimum Gasteiger partial charge on any atom is -0.307 e. The lowest BCUT2D eigenvalue weighted by molar-refractivity contribution is -0.117. The van der Waals surface area contributed by atoms with E-state index in [1.807, 2.05) is 45.9 Å². The summed E-state index contributed by atoms with van der Waals surface area (Å²) in [6.07, 6.45) is 1.50. The normalized spacial score (nSPS) is 10.8. The number of rotatable bonds is 4. The van der Waals surface area contributed by atoms with Crippen LogP contribution >= 0.6 is 23.1 Å². The summed E-state index contributed by atoms with van der Waals surface area (Å²) in [5.74, 6) is -0.278. The Hall–Kier alpha value is -2.45. The number of urea groups is 1. The number of amides is 3. The first-order valence-electron chi connectivity index (χ1n) is 8.36. The van der Waals surface area contributed by atoms with Crippen LogP contribution in [0.3, 0.4) is 0 Å². The molecule has 8 heteroatoms. The van der Waals surface area contributed by atoms with E-state index < -0.39 is 6.03 Å². The molecule has 0 radical (unpaired) electrons. The van der Waals surface area contributed by atoms with Gasteiger partial charge >= 0.3 is 6.03 Å². The van der Waals surface area contributed by atoms with E-state index in [4.69, 9.17) is 0 Å². The zero-order valence-electron chi connectivity index (χ0n) is 15.5. The van der Waals surface area contributed by atoms with E-state index in [2.05, 4.69) is 20.6 Å². The van der Waals surface area contributed by atoms with Crippen LogP contribution in [0.5, 0.6) is 0 Å². The van der Waals surface area contributed by atoms with Crippen molar-refractivity contribution >= 4 is 50.9 Å². The zero-order valence-corrected chi connectivity index (χ0v) is 17.2. The highest BCUT2D eigenvalue weighted by molar-refractivity contribution is 8.00. The number of aromatic nitrogens is 2. The molecule has 0 aliphatic heterocycles. The van der Waals surface area contributed by atoms with Crippen LogP contribution < -0.4 is 10.6 Å². The fourth-order valence-corrected chi connectivity index (χ4v) is 4.58. The van der Waals surface area contributed by atoms with E-state index >= 15 is 0 Å². The fourth-order valence-electron chi connectivity index (χ4n) is 2.66. The van der Waals surface area contributed by atoms with E-state index in [0.29, 0.717) is 5.69 Å². The number of nitrogens with zero attached hydrogens (tertiary/aromatic N) is 2. The Balaban J connectivity index is 1.61. The first-order valence-corrected chi connectivity index (χ1v) is 10.2. The lowest BCUT2D eigenvalue weighted by Gasteiger charge is -2.10. The average Bonchev–Trinajstić information content (AvgIpc) is 2.90. The summed E-state index contributed by atoms with van der Waals surface area (Å²) >= 11 is 2.91. The molecule has 27 heavy (non-hydrogen) atoms. The van der Waals surface area contributed by atoms with Crippen molar-refractivity contribution in [3.05, 3.63) is 46.1 Å². The van der Waals surface area contributed by atoms with Crippen molar-refractivity contribution in [1.29, 1.82) is 0 Å². The number of carbonyl (C=O) groups excluding carboxylic acids is 2. The predicted octanol–water partition coefficient (Wildman–Crippen LogP) is 4.37. The lowest BCUT2D eigenvalue weighted by atomic mass is 10.1. The van der Waals surface area contributed by atoms with Gasteiger partial charge in [0.25, 0.3) is 0 Å². The maximum Gasteiger partial charge on any atom is 0.325 e. The third-order valence-electron chi connectivity index (χ3n) is 4.15. The Morgan fingerprint density at radius 3 is 2.67 bits per heavy atom. The number of carbonyl (C=O) groups is 2. The maximum absolute atomic E-state index is 12.1. The summed E-state index contributed by atoms with van der Waals surface area (Å²) in [5, 5.41) is 6.80. The third-order valence-corrected chi connectivity index (χ3v) is 6.26. The Kier molecular flexibility index (Phi) is 5.76. The molecule has 3 amide bonds. The monoisotopic (exact) mass is 400 g/mol. The Labute approximate surface area is 165 Å². The summed E-state index contributed by atoms with van der Waals surface area (Å²) in [7, 11) is 0. The number of thioether (sulfide) groups is 1. The second-order valence-corrected chi connectivity index (χ2v) is 8.42. The van der Waals surface area contributed by atoms with Crippen molar-refractivity contribution in [2.24, 2.45) is 0 Å². The van der Waals surface area contributed by atoms with Crippen LogP contribution in [0.1, 0.15) is 21.6 Å². The van der Waals surface area contributed by atoms with Crippen LogP contribution in [-0.2, 0) is 4.79 Å². The van der Waals surface area contributed by atoms with Gasteiger partial charge in [0.05, 0.1) is 5.75 Å². The summed E-state index contributed by atoms with van der Waals surface area (Å²) in [6.45, 7) is 7.96. The van der Waals surface area contributed by atoms with E-state index in [-0.39, 0.29) is 11.7 Å². The number of anilines is 1. The molecule has 3 rings (SSSR count). The van der Waals surface area contributed by atoms with Crippen LogP contribution in [-0.4, -0.2) is 27.7 Å². The first-order chi connectivity index (χ1) is 12.8. The van der Waals surface area contributed by atoms with Gasteiger partial charge in [-0.1, -0.05) is 29.5 Å². The molecular weight excluding hydrogens is 380 g/mol. The molecule has 2 heterocycles. The number of aryl methyl sites for hydroxylation is 4. The Morgan fingerprint density at radius 1 is 1.15 bits per heavy atom. The number of nitrogens with one attached hydrogen (secondary N) is 2. The largest absolute Gasteiger partial charge is 0.325 e. The standard InChI is InChI=1S/C19H20N4O2S2/c1-10-5-6-14(11(2)7-10)22-19(25)23-15(24)8-26-17-16-12(3)13(4)27-18(16)21-9-20-17/h5-7,9H,8H2,1-4H3,(H2,22,23,24,25). The summed E-state index contributed by atoms with van der Waals surface area (Å²) < 4.78 is 0. The molecule has 6 nitrogen and oxygen atoms in total. The Morgan fingerprint density at radius 2 is 1.93 bits per heavy atom. The predicted molar refractivity (Wildman–Crippen MR) is 111 cm³/mol. The zero-order chi connectivity index (χ0) is 19.6. The number of thiophene rings is 1. The van der Waals surface area contributed by atoms with Gasteiger partial charge in [-0.2, -0.15) is 0 Å². The van der Waals surface area contributed by atoms with Crippen LogP contribution in [0, 0.1) is 27.7 Å². The van der Waals surface area contributed by atoms with E-state index in [9.17, 15) is 9.59 Å². The van der Waals surface area contributed by atoms with Gasteiger partial charge in [-0.25, -0.2) is 14.8 Å². The van der Waals surface area contributed by atoms with Crippen molar-refractivity contribution in [3.8, 4) is 0 Å². The minimum absolute atomic E-state index is 0.0980. The summed E-state index contributed by atoms with van der Waals surface area (Å²) in [5.41, 5.74) is 3.87. The average molecular weight is 401 g/mol. The number of hydrogen-bond donors (Lipinski definition) is 2. The second-order valence-electron chi connectivity index (χ2n) is 6.25. The highest BCUT2D eigenvalue weighted by Gasteiger charge is 2.15. The van der Waals surface area contributed by atoms with Gasteiger partial charge in [0.2, 0.25) is 5.91 Å². The molecule has 0 fully saturated rings. The van der Waals surface area contributed by atoms with Crippen molar-refractivity contribution in [3.63, 3.8) is 0 Å². The molecule has 0 saturated heterocycles. The summed E-state index contributed by atoms with van der Waals surface area (Å²) in [6, 6.07) is 5.16. The number of hydrogen-bond acceptors (Lipinski definition) is 6. The molecule has 2 N–H and O–H groups in total. The highest BCUT2D eigenvalue weighted by Crippen LogP contribution is 2.34. The van der Waals surface area contributed by atoms with E-state index in [1.54, 1.807) is 11.3 Å². The lowest BCUT2D eigenvalue weighted by Crippen LogP contribution is -2.35. The smallest absolute Gasteiger partial charge is 0.307 e. The first kappa shape index (κ1) is 19.3. The maximum atomic E-state index is 12.1. The van der Waals surface area contributed by atoms with Crippen LogP contribution in [0.25, 0.3) is 10.2 Å². The fraction of sp³-hybridized carbons (Fsp3) is 0.263. The molecule has 0 saturated carbocycles. The SMILES string of the molecule is Cc1ccc(NC(=O)NC(=O)CSc2ncnc3sc(C)c(C)c23)c(C)c1. The summed E-state index contributed by atoms with van der Waals surface area (Å²) in [4.78, 5) is 34.9. The molecule has 0 aliphatic rings. The van der Waals surface area contributed by atoms with Gasteiger partial charge in [0.1, 0.15) is 16.2 Å². The molecule has 0 bridgehead atoms. The number of benzene rings is 1. The molecule has 3 aromatic rings. The van der Waals surface area contributed by atoms with E-state index in [0.717, 1.165) is 31.9 Å². The Bertz CT molecular complexity index is 1030. The molecule has 0 aliphatic carbocycles. The second kappa shape index (κ2) is 8.06. The molecule has 0 unspecified atom stereocenters. The van der Waals surface area contributed by atoms with Gasteiger partial charge in [-0.15, -0.1) is 11.3 Å². The van der Waals surface area contributed by atoms with Gasteiger partial charge < -0.3 is 5.32 Å². The number of imide groups is 1. The van der Waals surface area contributed by atoms with Gasteiger partial charge in [-0.05, 0) is 44.9 Å². The van der Waals surface area contributed by atoms with Crippen LogP contribution in [0.15, 0.2) is 29.6 Å². The van der Waals surface area contributed by atoms with Crippen molar-refractivity contribution < 1.29 is 9.59 Å². The quantitative estimate of drug-likeness (QED) is 0.502. The molecule has 140 valence electrons. The van der Waals surface area contributed by atoms with Crippen molar-refractivity contribution in [2.45, 2.75) is 32.7 Å². The van der Waals surface area contributed by atoms with Crippen molar-refractivity contribution in [1.82, 2.24) is 15.3 Å². The highest BCUT2D eigenvalue weighted by atomic mass is 32.2. The van der Waals surface area contributed by atoms with Crippen molar-refractivity contribution in [2.75, 3.05) is 11.1 Å². The van der Waals surface area contributed by atoms with E-state index in [1.165, 1.54) is 23.0 Å². The minimum atomic E-state index is -0.539. The van der Waals surface area contributed by atoms with Crippen LogP contribution in [0.4, 0.5) is 10.5 Å². The third kappa shape index (κ3) is 4.45. The molecule has 0 atom stereocenters. The molecule has 2 aromatic heterocycles. The topological polar surface area (TPSA) is 84.0 Å². The molecule has 1 aromatic carbocycles. The number of fused-ring (bicyclic) bond motifs is 1.